The molecule has 0 aromatic heterocycles. The van der Waals surface area contributed by atoms with E-state index < -0.39 is 21.9 Å². The van der Waals surface area contributed by atoms with Gasteiger partial charge in [-0.2, -0.15) is 0 Å². The molecule has 0 heterocycles. The molecule has 0 bridgehead atoms. The first-order valence-electron chi connectivity index (χ1n) is 10.9. The fourth-order valence-corrected chi connectivity index (χ4v) is 4.94. The maximum atomic E-state index is 13.0. The van der Waals surface area contributed by atoms with Gasteiger partial charge >= 0.3 is 5.97 Å². The minimum Gasteiger partial charge on any atom is -0.387 e. The smallest absolute Gasteiger partial charge is 0.352 e. The molecule has 0 amide bonds. The number of aliphatic hydroxyl groups excluding tert-OH is 1. The van der Waals surface area contributed by atoms with E-state index in [-0.39, 0.29) is 21.1 Å². The molecule has 0 spiro atoms. The zero-order chi connectivity index (χ0) is 25.6. The molecule has 35 heavy (non-hydrogen) atoms. The monoisotopic (exact) mass is 517 g/mol. The van der Waals surface area contributed by atoms with Crippen molar-refractivity contribution in [3.05, 3.63) is 88.9 Å². The Morgan fingerprint density at radius 3 is 2.20 bits per heavy atom. The molecule has 186 valence electrons. The van der Waals surface area contributed by atoms with Gasteiger partial charge in [-0.15, -0.1) is 0 Å². The number of halogens is 1. The molecule has 0 radical (unpaired) electrons. The standard InChI is InChI=1S/C26H28ClNO6S/c1-18(29)33-34-22-9-13-24(14-10-22)35(31,32)23-11-7-19(8-12-23)16-26(2,3)28-17-25(30)20-5-4-6-21(27)15-20/h4-15,25,28,30H,16-17H2,1-3H3/t25-/m0/s1. The fourth-order valence-electron chi connectivity index (χ4n) is 3.48. The maximum Gasteiger partial charge on any atom is 0.352 e. The van der Waals surface area contributed by atoms with Gasteiger partial charge in [0.05, 0.1) is 15.9 Å². The number of hydrogen-bond donors (Lipinski definition) is 2. The van der Waals surface area contributed by atoms with Crippen LogP contribution in [0.1, 0.15) is 38.0 Å². The lowest BCUT2D eigenvalue weighted by Crippen LogP contribution is -2.43. The minimum atomic E-state index is -3.73. The van der Waals surface area contributed by atoms with E-state index in [0.717, 1.165) is 11.1 Å². The van der Waals surface area contributed by atoms with Crippen LogP contribution in [-0.4, -0.2) is 31.6 Å². The van der Waals surface area contributed by atoms with Crippen LogP contribution in [0.2, 0.25) is 5.02 Å². The summed E-state index contributed by atoms with van der Waals surface area (Å²) in [5, 5.41) is 14.4. The molecule has 7 nitrogen and oxygen atoms in total. The van der Waals surface area contributed by atoms with Crippen LogP contribution >= 0.6 is 11.6 Å². The lowest BCUT2D eigenvalue weighted by molar-refractivity contribution is -0.210. The minimum absolute atomic E-state index is 0.0948. The molecule has 0 fully saturated rings. The molecule has 0 unspecified atom stereocenters. The molecule has 0 saturated heterocycles. The number of carbonyl (C=O) groups excluding carboxylic acids is 1. The summed E-state index contributed by atoms with van der Waals surface area (Å²) in [7, 11) is -3.73. The number of carbonyl (C=O) groups is 1. The molecule has 1 atom stereocenters. The highest BCUT2D eigenvalue weighted by atomic mass is 35.5. The van der Waals surface area contributed by atoms with Crippen LogP contribution in [0.5, 0.6) is 5.75 Å². The summed E-state index contributed by atoms with van der Waals surface area (Å²) in [5.74, 6) is -0.401. The van der Waals surface area contributed by atoms with E-state index in [4.69, 9.17) is 16.5 Å². The highest BCUT2D eigenvalue weighted by molar-refractivity contribution is 7.91. The Morgan fingerprint density at radius 1 is 1.03 bits per heavy atom. The fraction of sp³-hybridized carbons (Fsp3) is 0.269. The Hall–Kier alpha value is -2.91. The third kappa shape index (κ3) is 7.53. The molecule has 3 rings (SSSR count). The van der Waals surface area contributed by atoms with Crippen LogP contribution in [0, 0.1) is 0 Å². The highest BCUT2D eigenvalue weighted by Gasteiger charge is 2.22. The summed E-state index contributed by atoms with van der Waals surface area (Å²) in [5.41, 5.74) is 1.34. The summed E-state index contributed by atoms with van der Waals surface area (Å²) < 4.78 is 25.9. The lowest BCUT2D eigenvalue weighted by Gasteiger charge is -2.28. The quantitative estimate of drug-likeness (QED) is 0.297. The summed E-state index contributed by atoms with van der Waals surface area (Å²) in [6.07, 6.45) is -0.0797. The van der Waals surface area contributed by atoms with E-state index in [1.54, 1.807) is 42.5 Å². The molecule has 3 aromatic rings. The van der Waals surface area contributed by atoms with Crippen molar-refractivity contribution in [2.45, 2.75) is 48.6 Å². The van der Waals surface area contributed by atoms with Gasteiger partial charge in [0.25, 0.3) is 0 Å². The molecule has 0 aliphatic heterocycles. The van der Waals surface area contributed by atoms with Crippen LogP contribution in [-0.2, 0) is 25.9 Å². The number of β-amino-alcohol motifs (C(OH)–C–C–N with tert-alkyl or cyclic N) is 1. The van der Waals surface area contributed by atoms with Crippen LogP contribution in [0.25, 0.3) is 0 Å². The summed E-state index contributed by atoms with van der Waals surface area (Å²) in [4.78, 5) is 20.3. The number of rotatable bonds is 10. The van der Waals surface area contributed by atoms with Gasteiger partial charge in [-0.05, 0) is 79.9 Å². The Balaban J connectivity index is 1.62. The van der Waals surface area contributed by atoms with Gasteiger partial charge in [0, 0.05) is 24.0 Å². The Morgan fingerprint density at radius 2 is 1.63 bits per heavy atom. The number of aliphatic hydroxyl groups is 1. The Bertz CT molecular complexity index is 1260. The van der Waals surface area contributed by atoms with Crippen molar-refractivity contribution in [1.29, 1.82) is 0 Å². The molecule has 2 N–H and O–H groups in total. The Labute approximate surface area is 210 Å². The topological polar surface area (TPSA) is 102 Å². The first-order valence-corrected chi connectivity index (χ1v) is 12.8. The van der Waals surface area contributed by atoms with E-state index in [0.29, 0.717) is 18.0 Å². The van der Waals surface area contributed by atoms with Crippen molar-refractivity contribution < 1.29 is 28.1 Å². The van der Waals surface area contributed by atoms with Gasteiger partial charge in [0.15, 0.2) is 5.75 Å². The van der Waals surface area contributed by atoms with Gasteiger partial charge in [-0.1, -0.05) is 35.9 Å². The predicted molar refractivity (Wildman–Crippen MR) is 133 cm³/mol. The number of nitrogens with one attached hydrogen (secondary N) is 1. The molecular formula is C26H28ClNO6S. The second kappa shape index (κ2) is 11.2. The predicted octanol–water partition coefficient (Wildman–Crippen LogP) is 4.67. The summed E-state index contributed by atoms with van der Waals surface area (Å²) in [6.45, 7) is 5.57. The molecule has 3 aromatic carbocycles. The zero-order valence-electron chi connectivity index (χ0n) is 19.7. The van der Waals surface area contributed by atoms with Gasteiger partial charge in [0.1, 0.15) is 0 Å². The van der Waals surface area contributed by atoms with E-state index in [9.17, 15) is 18.3 Å². The molecule has 9 heteroatoms. The SMILES string of the molecule is CC(=O)OOc1ccc(S(=O)(=O)c2ccc(CC(C)(C)NC[C@H](O)c3cccc(Cl)c3)cc2)cc1. The number of hydrogen-bond acceptors (Lipinski definition) is 7. The van der Waals surface area contributed by atoms with E-state index >= 15 is 0 Å². The van der Waals surface area contributed by atoms with Crippen molar-refractivity contribution in [2.24, 2.45) is 0 Å². The van der Waals surface area contributed by atoms with Crippen molar-refractivity contribution in [3.63, 3.8) is 0 Å². The first kappa shape index (κ1) is 26.7. The zero-order valence-corrected chi connectivity index (χ0v) is 21.3. The Kier molecular flexibility index (Phi) is 8.56. The van der Waals surface area contributed by atoms with Crippen LogP contribution in [0.15, 0.2) is 82.6 Å². The third-order valence-corrected chi connectivity index (χ3v) is 7.30. The highest BCUT2D eigenvalue weighted by Crippen LogP contribution is 2.25. The molecule has 0 saturated carbocycles. The first-order chi connectivity index (χ1) is 16.5. The maximum absolute atomic E-state index is 13.0. The van der Waals surface area contributed by atoms with Crippen LogP contribution < -0.4 is 10.2 Å². The third-order valence-electron chi connectivity index (χ3n) is 5.28. The van der Waals surface area contributed by atoms with Crippen LogP contribution in [0.4, 0.5) is 0 Å². The summed E-state index contributed by atoms with van der Waals surface area (Å²) >= 11 is 6.00. The van der Waals surface area contributed by atoms with E-state index in [1.165, 1.54) is 31.2 Å². The lowest BCUT2D eigenvalue weighted by atomic mass is 9.94. The van der Waals surface area contributed by atoms with Crippen molar-refractivity contribution in [2.75, 3.05) is 6.54 Å². The van der Waals surface area contributed by atoms with Crippen molar-refractivity contribution in [1.82, 2.24) is 5.32 Å². The second-order valence-electron chi connectivity index (χ2n) is 8.79. The average molecular weight is 518 g/mol. The summed E-state index contributed by atoms with van der Waals surface area (Å²) in [6, 6.07) is 19.4. The molecule has 0 aliphatic rings. The molecule has 0 aliphatic carbocycles. The van der Waals surface area contributed by atoms with Crippen molar-refractivity contribution >= 4 is 27.4 Å². The normalized spacial score (nSPS) is 12.7. The van der Waals surface area contributed by atoms with E-state index in [2.05, 4.69) is 10.2 Å². The van der Waals surface area contributed by atoms with Gasteiger partial charge in [-0.25, -0.2) is 13.2 Å². The number of sulfone groups is 1. The van der Waals surface area contributed by atoms with Crippen LogP contribution in [0.3, 0.4) is 0 Å². The van der Waals surface area contributed by atoms with Gasteiger partial charge < -0.3 is 10.4 Å². The van der Waals surface area contributed by atoms with Crippen molar-refractivity contribution in [3.8, 4) is 5.75 Å². The van der Waals surface area contributed by atoms with E-state index in [1.807, 2.05) is 19.9 Å². The molecular weight excluding hydrogens is 490 g/mol. The largest absolute Gasteiger partial charge is 0.387 e. The number of benzene rings is 3. The second-order valence-corrected chi connectivity index (χ2v) is 11.2. The van der Waals surface area contributed by atoms with Gasteiger partial charge in [-0.3, -0.25) is 9.78 Å². The van der Waals surface area contributed by atoms with Gasteiger partial charge in [0.2, 0.25) is 9.84 Å². The average Bonchev–Trinajstić information content (AvgIpc) is 2.81.